The van der Waals surface area contributed by atoms with E-state index in [1.165, 1.54) is 0 Å². The second-order valence-electron chi connectivity index (χ2n) is 3.48. The first-order valence-electron chi connectivity index (χ1n) is 4.46. The predicted octanol–water partition coefficient (Wildman–Crippen LogP) is -0.0418. The van der Waals surface area contributed by atoms with Crippen molar-refractivity contribution in [2.45, 2.75) is 18.9 Å². The van der Waals surface area contributed by atoms with E-state index in [-0.39, 0.29) is 0 Å². The monoisotopic (exact) mass is 183 g/mol. The van der Waals surface area contributed by atoms with E-state index < -0.39 is 11.7 Å². The molecule has 1 atom stereocenters. The van der Waals surface area contributed by atoms with Crippen LogP contribution in [0.4, 0.5) is 4.79 Å². The fraction of sp³-hybridized carbons (Fsp3) is 0.750. The van der Waals surface area contributed by atoms with E-state index in [1.54, 1.807) is 0 Å². The van der Waals surface area contributed by atoms with Crippen molar-refractivity contribution in [3.05, 3.63) is 0 Å². The molecule has 2 rings (SSSR count). The molecule has 13 heavy (non-hydrogen) atoms. The molecule has 2 N–H and O–H groups in total. The van der Waals surface area contributed by atoms with Crippen molar-refractivity contribution in [1.29, 1.82) is 0 Å². The van der Waals surface area contributed by atoms with Crippen molar-refractivity contribution >= 4 is 11.9 Å². The van der Waals surface area contributed by atoms with Gasteiger partial charge in [-0.05, 0) is 6.54 Å². The first-order chi connectivity index (χ1) is 6.16. The molecule has 1 saturated heterocycles. The summed E-state index contributed by atoms with van der Waals surface area (Å²) in [4.78, 5) is 16.7. The quantitative estimate of drug-likeness (QED) is 0.619. The van der Waals surface area contributed by atoms with Gasteiger partial charge in [0.1, 0.15) is 0 Å². The van der Waals surface area contributed by atoms with Crippen LogP contribution < -0.4 is 5.73 Å². The number of carbonyl (C=O) groups excluding carboxylic acids is 1. The number of nitrogens with zero attached hydrogens (tertiary/aromatic N) is 2. The average Bonchev–Trinajstić information content (AvgIpc) is 2.59. The van der Waals surface area contributed by atoms with Crippen LogP contribution in [0.2, 0.25) is 0 Å². The van der Waals surface area contributed by atoms with Gasteiger partial charge in [0.25, 0.3) is 0 Å². The zero-order valence-corrected chi connectivity index (χ0v) is 7.62. The standard InChI is InChI=1S/C8H13N3O2/c1-2-11-4-3-8(5-11)6(9)10-7(12)13-8/h2-5H2,1H3,(H2,9,10,12). The highest BCUT2D eigenvalue weighted by Gasteiger charge is 2.48. The summed E-state index contributed by atoms with van der Waals surface area (Å²) in [5.41, 5.74) is 5.06. The van der Waals surface area contributed by atoms with Gasteiger partial charge in [-0.25, -0.2) is 4.79 Å². The molecule has 72 valence electrons. The smallest absolute Gasteiger partial charge is 0.432 e. The molecule has 0 aromatic carbocycles. The van der Waals surface area contributed by atoms with Gasteiger partial charge in [-0.3, -0.25) is 4.90 Å². The van der Waals surface area contributed by atoms with Gasteiger partial charge in [0.2, 0.25) is 0 Å². The third-order valence-corrected chi connectivity index (χ3v) is 2.72. The molecule has 1 spiro atoms. The molecule has 1 fully saturated rings. The second kappa shape index (κ2) is 2.70. The van der Waals surface area contributed by atoms with E-state index in [4.69, 9.17) is 10.5 Å². The normalized spacial score (nSPS) is 33.9. The average molecular weight is 183 g/mol. The number of hydrogen-bond donors (Lipinski definition) is 1. The Morgan fingerprint density at radius 2 is 2.54 bits per heavy atom. The van der Waals surface area contributed by atoms with E-state index in [1.807, 2.05) is 0 Å². The molecule has 2 heterocycles. The van der Waals surface area contributed by atoms with Crippen LogP contribution in [0.3, 0.4) is 0 Å². The fourth-order valence-corrected chi connectivity index (χ4v) is 1.86. The molecule has 2 aliphatic rings. The van der Waals surface area contributed by atoms with Crippen molar-refractivity contribution < 1.29 is 9.53 Å². The summed E-state index contributed by atoms with van der Waals surface area (Å²) in [5.74, 6) is 0.341. The number of ether oxygens (including phenoxy) is 1. The highest BCUT2D eigenvalue weighted by molar-refractivity contribution is 6.02. The molecule has 0 bridgehead atoms. The van der Waals surface area contributed by atoms with Crippen molar-refractivity contribution in [3.63, 3.8) is 0 Å². The molecule has 1 amide bonds. The van der Waals surface area contributed by atoms with Gasteiger partial charge in [0.05, 0.1) is 0 Å². The molecule has 0 aliphatic carbocycles. The van der Waals surface area contributed by atoms with Gasteiger partial charge < -0.3 is 10.5 Å². The maximum atomic E-state index is 10.9. The zero-order chi connectivity index (χ0) is 9.47. The van der Waals surface area contributed by atoms with Crippen molar-refractivity contribution in [2.75, 3.05) is 19.6 Å². The Hall–Kier alpha value is -1.10. The highest BCUT2D eigenvalue weighted by atomic mass is 16.6. The first kappa shape index (κ1) is 8.50. The Balaban J connectivity index is 2.16. The number of amidine groups is 1. The number of nitrogens with two attached hydrogens (primary N) is 1. The predicted molar refractivity (Wildman–Crippen MR) is 47.6 cm³/mol. The van der Waals surface area contributed by atoms with Crippen LogP contribution in [0, 0.1) is 0 Å². The summed E-state index contributed by atoms with van der Waals surface area (Å²) in [5, 5.41) is 0. The number of amides is 1. The van der Waals surface area contributed by atoms with E-state index in [9.17, 15) is 4.79 Å². The number of aliphatic imine (C=N–C) groups is 1. The summed E-state index contributed by atoms with van der Waals surface area (Å²) in [6, 6.07) is 0. The number of hydrogen-bond acceptors (Lipinski definition) is 4. The maximum Gasteiger partial charge on any atom is 0.436 e. The molecular weight excluding hydrogens is 170 g/mol. The van der Waals surface area contributed by atoms with E-state index in [2.05, 4.69) is 16.8 Å². The molecule has 0 radical (unpaired) electrons. The zero-order valence-electron chi connectivity index (χ0n) is 7.62. The topological polar surface area (TPSA) is 67.9 Å². The number of likely N-dealkylation sites (N-methyl/N-ethyl adjacent to an activating group) is 1. The lowest BCUT2D eigenvalue weighted by atomic mass is 10.0. The molecule has 0 saturated carbocycles. The summed E-state index contributed by atoms with van der Waals surface area (Å²) in [6.45, 7) is 4.63. The van der Waals surface area contributed by atoms with Crippen molar-refractivity contribution in [1.82, 2.24) is 4.90 Å². The second-order valence-corrected chi connectivity index (χ2v) is 3.48. The molecular formula is C8H13N3O2. The van der Waals surface area contributed by atoms with Crippen LogP contribution in [-0.2, 0) is 4.74 Å². The van der Waals surface area contributed by atoms with Gasteiger partial charge in [0.15, 0.2) is 11.4 Å². The van der Waals surface area contributed by atoms with Gasteiger partial charge in [-0.1, -0.05) is 6.92 Å². The Morgan fingerprint density at radius 1 is 1.77 bits per heavy atom. The summed E-state index contributed by atoms with van der Waals surface area (Å²) in [6.07, 6.45) is 0.220. The van der Waals surface area contributed by atoms with Crippen LogP contribution in [0.15, 0.2) is 4.99 Å². The number of likely N-dealkylation sites (tertiary alicyclic amines) is 1. The maximum absolute atomic E-state index is 10.9. The van der Waals surface area contributed by atoms with E-state index in [0.717, 1.165) is 19.5 Å². The van der Waals surface area contributed by atoms with Gasteiger partial charge in [-0.2, -0.15) is 4.99 Å². The molecule has 0 aromatic rings. The third-order valence-electron chi connectivity index (χ3n) is 2.72. The summed E-state index contributed by atoms with van der Waals surface area (Å²) in [7, 11) is 0. The molecule has 5 heteroatoms. The minimum Gasteiger partial charge on any atom is -0.432 e. The Labute approximate surface area is 76.6 Å². The Kier molecular flexibility index (Phi) is 1.76. The largest absolute Gasteiger partial charge is 0.436 e. The lowest BCUT2D eigenvalue weighted by Crippen LogP contribution is -2.45. The molecule has 2 aliphatic heterocycles. The molecule has 0 aromatic heterocycles. The first-order valence-corrected chi connectivity index (χ1v) is 4.46. The summed E-state index contributed by atoms with van der Waals surface area (Å²) < 4.78 is 5.14. The van der Waals surface area contributed by atoms with Crippen molar-refractivity contribution in [2.24, 2.45) is 10.7 Å². The lowest BCUT2D eigenvalue weighted by molar-refractivity contribution is 0.0863. The summed E-state index contributed by atoms with van der Waals surface area (Å²) >= 11 is 0. The third kappa shape index (κ3) is 1.19. The minimum atomic E-state index is -0.604. The Bertz CT molecular complexity index is 277. The van der Waals surface area contributed by atoms with Crippen LogP contribution in [-0.4, -0.2) is 42.1 Å². The van der Waals surface area contributed by atoms with Gasteiger partial charge in [-0.15, -0.1) is 0 Å². The van der Waals surface area contributed by atoms with Crippen molar-refractivity contribution in [3.8, 4) is 0 Å². The van der Waals surface area contributed by atoms with Crippen LogP contribution >= 0.6 is 0 Å². The molecule has 5 nitrogen and oxygen atoms in total. The minimum absolute atomic E-state index is 0.341. The van der Waals surface area contributed by atoms with Crippen LogP contribution in [0.1, 0.15) is 13.3 Å². The molecule has 1 unspecified atom stereocenters. The van der Waals surface area contributed by atoms with E-state index in [0.29, 0.717) is 12.4 Å². The van der Waals surface area contributed by atoms with Gasteiger partial charge in [0, 0.05) is 19.5 Å². The SMILES string of the molecule is CCN1CCC2(C1)OC(=O)N=C2N. The van der Waals surface area contributed by atoms with E-state index >= 15 is 0 Å². The highest BCUT2D eigenvalue weighted by Crippen LogP contribution is 2.29. The number of carbonyl (C=O) groups is 1. The Morgan fingerprint density at radius 3 is 3.00 bits per heavy atom. The fourth-order valence-electron chi connectivity index (χ4n) is 1.86. The van der Waals surface area contributed by atoms with Gasteiger partial charge >= 0.3 is 6.09 Å². The van der Waals surface area contributed by atoms with Crippen LogP contribution in [0.5, 0.6) is 0 Å². The van der Waals surface area contributed by atoms with Crippen LogP contribution in [0.25, 0.3) is 0 Å². The lowest BCUT2D eigenvalue weighted by Gasteiger charge is -2.21. The number of rotatable bonds is 1.